The summed E-state index contributed by atoms with van der Waals surface area (Å²) >= 11 is 0. The number of hydrogen-bond acceptors (Lipinski definition) is 10. The molecule has 58 heavy (non-hydrogen) atoms. The van der Waals surface area contributed by atoms with Gasteiger partial charge in [-0.05, 0) is 64.1 Å². The molecule has 8 fully saturated rings. The highest BCUT2D eigenvalue weighted by molar-refractivity contribution is 6.02. The van der Waals surface area contributed by atoms with Crippen molar-refractivity contribution in [2.75, 3.05) is 23.0 Å². The van der Waals surface area contributed by atoms with Crippen molar-refractivity contribution in [1.82, 2.24) is 0 Å². The number of rotatable bonds is 2. The van der Waals surface area contributed by atoms with Crippen LogP contribution in [0.4, 0.5) is 37.7 Å². The molecular formula is C40H38F6N4O8. The van der Waals surface area contributed by atoms with Gasteiger partial charge in [0.2, 0.25) is 11.8 Å². The maximum absolute atomic E-state index is 13.5. The number of amides is 2. The highest BCUT2D eigenvalue weighted by Gasteiger charge is 2.82. The van der Waals surface area contributed by atoms with Gasteiger partial charge in [0.05, 0.1) is 94.7 Å². The number of halogens is 6. The number of nitrogens with zero attached hydrogens (tertiary/aromatic N) is 4. The highest BCUT2D eigenvalue weighted by Crippen LogP contribution is 2.70. The Labute approximate surface area is 327 Å². The number of aliphatic hydroxyl groups excluding tert-OH is 2. The van der Waals surface area contributed by atoms with E-state index in [9.17, 15) is 46.1 Å². The molecule has 2 aromatic rings. The molecule has 8 aliphatic rings. The van der Waals surface area contributed by atoms with Crippen molar-refractivity contribution in [3.05, 3.63) is 58.7 Å². The van der Waals surface area contributed by atoms with Gasteiger partial charge in [0.1, 0.15) is 11.2 Å². The number of ether oxygens (including phenoxy) is 4. The van der Waals surface area contributed by atoms with Crippen LogP contribution in [0.3, 0.4) is 0 Å². The second-order valence-electron chi connectivity index (χ2n) is 17.4. The van der Waals surface area contributed by atoms with Gasteiger partial charge in [-0.2, -0.15) is 36.9 Å². The number of aliphatic hydroxyl groups is 2. The van der Waals surface area contributed by atoms with Crippen LogP contribution in [0.2, 0.25) is 0 Å². The van der Waals surface area contributed by atoms with Gasteiger partial charge in [-0.25, -0.2) is 0 Å². The molecule has 0 saturated carbocycles. The Morgan fingerprint density at radius 2 is 1.03 bits per heavy atom. The van der Waals surface area contributed by atoms with Gasteiger partial charge in [0.25, 0.3) is 0 Å². The van der Waals surface area contributed by atoms with Crippen LogP contribution in [-0.2, 0) is 40.9 Å². The zero-order valence-electron chi connectivity index (χ0n) is 31.6. The SMILES string of the molecule is C[C@@]12O[C@]3(CCO[C@]4(C)[C@H]3[C@H]1C(=O)N4c1ccc(C#N)c(C(F)(F)F)c1)C[C@@H]2O.C[C@]12O[C@@]3(CCO[C@@]4(C)[C@@H]3[C@@H]1C(=O)N4c1ccc(C#N)c(C(F)(F)F)c1)C[C@H]2O. The van der Waals surface area contributed by atoms with Gasteiger partial charge in [-0.3, -0.25) is 19.4 Å². The van der Waals surface area contributed by atoms with E-state index in [0.29, 0.717) is 25.7 Å². The number of carbonyl (C=O) groups excluding carboxylic acids is 2. The summed E-state index contributed by atoms with van der Waals surface area (Å²) in [5, 5.41) is 39.3. The van der Waals surface area contributed by atoms with Crippen LogP contribution >= 0.6 is 0 Å². The van der Waals surface area contributed by atoms with Gasteiger partial charge >= 0.3 is 12.4 Å². The van der Waals surface area contributed by atoms with Crippen LogP contribution in [0, 0.1) is 46.3 Å². The lowest BCUT2D eigenvalue weighted by molar-refractivity contribution is -0.176. The third-order valence-electron chi connectivity index (χ3n) is 14.5. The number of alkyl halides is 6. The smallest absolute Gasteiger partial charge is 0.390 e. The van der Waals surface area contributed by atoms with E-state index in [1.165, 1.54) is 21.9 Å². The zero-order valence-corrected chi connectivity index (χ0v) is 31.6. The number of benzene rings is 2. The molecule has 2 aromatic carbocycles. The first-order valence-corrected chi connectivity index (χ1v) is 18.9. The molecule has 8 saturated heterocycles. The number of hydrogen-bond donors (Lipinski definition) is 2. The molecule has 2 N–H and O–H groups in total. The number of carbonyl (C=O) groups is 2. The van der Waals surface area contributed by atoms with Crippen molar-refractivity contribution >= 4 is 23.2 Å². The monoisotopic (exact) mass is 816 g/mol. The second-order valence-corrected chi connectivity index (χ2v) is 17.4. The Hall–Kier alpha value is -4.30. The number of anilines is 2. The number of nitriles is 2. The molecule has 2 amide bonds. The molecular weight excluding hydrogens is 778 g/mol. The Morgan fingerprint density at radius 1 is 0.672 bits per heavy atom. The summed E-state index contributed by atoms with van der Waals surface area (Å²) in [6, 6.07) is 9.58. The fourth-order valence-electron chi connectivity index (χ4n) is 12.3. The van der Waals surface area contributed by atoms with Crippen molar-refractivity contribution in [3.63, 3.8) is 0 Å². The van der Waals surface area contributed by atoms with Crippen LogP contribution in [0.25, 0.3) is 0 Å². The van der Waals surface area contributed by atoms with Crippen molar-refractivity contribution in [2.45, 2.75) is 112 Å². The van der Waals surface area contributed by atoms with E-state index in [0.717, 1.165) is 24.3 Å². The lowest BCUT2D eigenvalue weighted by Crippen LogP contribution is -2.60. The molecule has 2 spiro atoms. The molecule has 8 heterocycles. The average Bonchev–Trinajstić information content (AvgIpc) is 3.88. The van der Waals surface area contributed by atoms with Crippen LogP contribution in [0.15, 0.2) is 36.4 Å². The van der Waals surface area contributed by atoms with Crippen molar-refractivity contribution in [2.24, 2.45) is 23.7 Å². The molecule has 0 unspecified atom stereocenters. The third kappa shape index (κ3) is 4.73. The lowest BCUT2D eigenvalue weighted by Gasteiger charge is -2.49. The van der Waals surface area contributed by atoms with Crippen LogP contribution < -0.4 is 9.80 Å². The molecule has 4 bridgehead atoms. The van der Waals surface area contributed by atoms with Gasteiger partial charge in [0, 0.05) is 37.1 Å². The lowest BCUT2D eigenvalue weighted by atomic mass is 9.62. The predicted octanol–water partition coefficient (Wildman–Crippen LogP) is 5.17. The molecule has 0 radical (unpaired) electrons. The van der Waals surface area contributed by atoms with Crippen LogP contribution in [0.5, 0.6) is 0 Å². The average molecular weight is 817 g/mol. The standard InChI is InChI=1S/2C20H19F3N2O4/c2*1-17-13(26)8-19(29-17)5-6-28-18(2)15(19)14(17)16(27)25(18)11-4-3-10(9-24)12(7-11)20(21,22)23/h2*3-4,7,13-15,26H,5-6,8H2,1-2H3/t2*13-,14-,15+,17-,18+,19+/m10/s1. The molecule has 308 valence electrons. The summed E-state index contributed by atoms with van der Waals surface area (Å²) in [6.45, 7) is 7.29. The largest absolute Gasteiger partial charge is 0.417 e. The van der Waals surface area contributed by atoms with Crippen LogP contribution in [0.1, 0.15) is 75.6 Å². The molecule has 18 heteroatoms. The van der Waals surface area contributed by atoms with Gasteiger partial charge in [-0.1, -0.05) is 0 Å². The van der Waals surface area contributed by atoms with E-state index < -0.39 is 116 Å². The summed E-state index contributed by atoms with van der Waals surface area (Å²) < 4.78 is 105. The molecule has 12 nitrogen and oxygen atoms in total. The fourth-order valence-corrected chi connectivity index (χ4v) is 12.3. The van der Waals surface area contributed by atoms with E-state index >= 15 is 0 Å². The Kier molecular flexibility index (Phi) is 7.91. The summed E-state index contributed by atoms with van der Waals surface area (Å²) in [5.74, 6) is -3.12. The molecule has 10 rings (SSSR count). The van der Waals surface area contributed by atoms with Gasteiger partial charge < -0.3 is 29.2 Å². The maximum atomic E-state index is 13.5. The second kappa shape index (κ2) is 11.7. The molecule has 0 aliphatic carbocycles. The fraction of sp³-hybridized carbons (Fsp3) is 0.600. The van der Waals surface area contributed by atoms with Gasteiger partial charge in [0.15, 0.2) is 11.4 Å². The normalized spacial score (nSPS) is 42.9. The molecule has 0 aromatic heterocycles. The summed E-state index contributed by atoms with van der Waals surface area (Å²) in [6.07, 6.45) is -9.38. The van der Waals surface area contributed by atoms with E-state index in [2.05, 4.69) is 0 Å². The molecule has 8 aliphatic heterocycles. The topological polar surface area (TPSA) is 166 Å². The van der Waals surface area contributed by atoms with Crippen LogP contribution in [-0.4, -0.2) is 81.3 Å². The van der Waals surface area contributed by atoms with Crippen molar-refractivity contribution < 1.29 is 65.1 Å². The Bertz CT molecular complexity index is 2110. The quantitative estimate of drug-likeness (QED) is 0.387. The van der Waals surface area contributed by atoms with Gasteiger partial charge in [-0.15, -0.1) is 0 Å². The number of fused-ring (bicyclic) bond motifs is 4. The van der Waals surface area contributed by atoms with E-state index in [-0.39, 0.29) is 24.6 Å². The first-order chi connectivity index (χ1) is 27.0. The molecule has 12 atom stereocenters. The Balaban J connectivity index is 0.000000150. The predicted molar refractivity (Wildman–Crippen MR) is 185 cm³/mol. The minimum Gasteiger partial charge on any atom is -0.390 e. The van der Waals surface area contributed by atoms with Crippen molar-refractivity contribution in [3.8, 4) is 12.1 Å². The summed E-state index contributed by atoms with van der Waals surface area (Å²) in [7, 11) is 0. The third-order valence-corrected chi connectivity index (χ3v) is 14.5. The zero-order chi connectivity index (χ0) is 42.0. The van der Waals surface area contributed by atoms with Crippen molar-refractivity contribution in [1.29, 1.82) is 10.5 Å². The highest BCUT2D eigenvalue weighted by atomic mass is 19.4. The minimum absolute atomic E-state index is 0.0211. The van der Waals surface area contributed by atoms with E-state index in [1.807, 2.05) is 0 Å². The first kappa shape index (κ1) is 39.2. The van der Waals surface area contributed by atoms with E-state index in [4.69, 9.17) is 29.5 Å². The summed E-state index contributed by atoms with van der Waals surface area (Å²) in [4.78, 5) is 29.5. The minimum atomic E-state index is -4.74. The summed E-state index contributed by atoms with van der Waals surface area (Å²) in [5.41, 5.74) is -9.26. The van der Waals surface area contributed by atoms with E-state index in [1.54, 1.807) is 39.8 Å². The Morgan fingerprint density at radius 3 is 1.36 bits per heavy atom. The first-order valence-electron chi connectivity index (χ1n) is 18.9. The maximum Gasteiger partial charge on any atom is 0.417 e.